The number of unbranched alkanes of at least 4 members (excludes halogenated alkanes) is 1. The molecule has 2 heterocycles. The SMILES string of the molecule is CC1(C)C(=CC=C2CCCC(C=CC3N(CCCS(=O)(=O)O)C4C=Cc5ccccc5C4C3(C)C)=C2Cl)N(CCCCS(=O)(=O)O)c2ccc3ccccc3c21. The maximum atomic E-state index is 11.7. The van der Waals surface area contributed by atoms with Gasteiger partial charge in [0.1, 0.15) is 0 Å². The van der Waals surface area contributed by atoms with E-state index >= 15 is 0 Å². The highest BCUT2D eigenvalue weighted by Crippen LogP contribution is 2.55. The maximum absolute atomic E-state index is 11.7. The number of rotatable bonds is 12. The molecule has 2 N–H and O–H groups in total. The van der Waals surface area contributed by atoms with E-state index < -0.39 is 20.2 Å². The highest BCUT2D eigenvalue weighted by molar-refractivity contribution is 7.86. The normalized spacial score (nSPS) is 24.8. The smallest absolute Gasteiger partial charge is 0.264 e. The number of hydrogen-bond donors (Lipinski definition) is 2. The molecule has 1 fully saturated rings. The molecule has 0 amide bonds. The van der Waals surface area contributed by atoms with E-state index in [-0.39, 0.29) is 40.3 Å². The number of benzene rings is 3. The van der Waals surface area contributed by atoms with Crippen LogP contribution in [0.2, 0.25) is 0 Å². The van der Waals surface area contributed by atoms with Crippen molar-refractivity contribution in [2.75, 3.05) is 29.5 Å². The first-order valence-corrected chi connectivity index (χ1v) is 23.3. The van der Waals surface area contributed by atoms with Gasteiger partial charge in [-0.25, -0.2) is 0 Å². The summed E-state index contributed by atoms with van der Waals surface area (Å²) < 4.78 is 65.3. The summed E-state index contributed by atoms with van der Waals surface area (Å²) in [5, 5.41) is 3.11. The van der Waals surface area contributed by atoms with Crippen molar-refractivity contribution in [3.05, 3.63) is 130 Å². The molecular formula is C45H53ClN2O6S2. The fourth-order valence-corrected chi connectivity index (χ4v) is 11.3. The van der Waals surface area contributed by atoms with Crippen molar-refractivity contribution in [1.29, 1.82) is 0 Å². The van der Waals surface area contributed by atoms with Gasteiger partial charge in [0.15, 0.2) is 0 Å². The Hall–Kier alpha value is -3.51. The van der Waals surface area contributed by atoms with E-state index in [1.165, 1.54) is 27.5 Å². The van der Waals surface area contributed by atoms with Crippen LogP contribution in [-0.2, 0) is 25.7 Å². The topological polar surface area (TPSA) is 115 Å². The van der Waals surface area contributed by atoms with Gasteiger partial charge in [-0.2, -0.15) is 16.8 Å². The zero-order valence-electron chi connectivity index (χ0n) is 32.7. The van der Waals surface area contributed by atoms with Crippen LogP contribution in [0.3, 0.4) is 0 Å². The summed E-state index contributed by atoms with van der Waals surface area (Å²) in [4.78, 5) is 4.69. The Balaban J connectivity index is 1.21. The lowest BCUT2D eigenvalue weighted by atomic mass is 9.68. The van der Waals surface area contributed by atoms with Crippen LogP contribution in [0.25, 0.3) is 16.8 Å². The molecular weight excluding hydrogens is 764 g/mol. The molecule has 298 valence electrons. The fourth-order valence-electron chi connectivity index (χ4n) is 9.88. The summed E-state index contributed by atoms with van der Waals surface area (Å²) in [5.41, 5.74) is 7.57. The quantitative estimate of drug-likeness (QED) is 0.137. The molecule has 3 aromatic carbocycles. The number of hydrogen-bond acceptors (Lipinski definition) is 6. The molecule has 3 aromatic rings. The number of fused-ring (bicyclic) bond motifs is 6. The fraction of sp³-hybridized carbons (Fsp3) is 0.422. The van der Waals surface area contributed by atoms with E-state index in [1.54, 1.807) is 0 Å². The first-order valence-electron chi connectivity index (χ1n) is 19.7. The van der Waals surface area contributed by atoms with Gasteiger partial charge in [0.2, 0.25) is 0 Å². The highest BCUT2D eigenvalue weighted by Gasteiger charge is 2.53. The van der Waals surface area contributed by atoms with Gasteiger partial charge in [0.25, 0.3) is 20.2 Å². The third-order valence-corrected chi connectivity index (χ3v) is 14.5. The predicted octanol–water partition coefficient (Wildman–Crippen LogP) is 9.82. The average molecular weight is 818 g/mol. The van der Waals surface area contributed by atoms with Crippen LogP contribution in [0.5, 0.6) is 0 Å². The molecule has 0 bridgehead atoms. The van der Waals surface area contributed by atoms with Gasteiger partial charge >= 0.3 is 0 Å². The van der Waals surface area contributed by atoms with Gasteiger partial charge in [-0.05, 0) is 94.7 Å². The van der Waals surface area contributed by atoms with E-state index in [0.717, 1.165) is 46.8 Å². The highest BCUT2D eigenvalue weighted by atomic mass is 35.5. The van der Waals surface area contributed by atoms with Crippen LogP contribution < -0.4 is 4.90 Å². The summed E-state index contributed by atoms with van der Waals surface area (Å²) in [7, 11) is -8.11. The zero-order valence-corrected chi connectivity index (χ0v) is 35.0. The second kappa shape index (κ2) is 15.7. The molecule has 2 aliphatic carbocycles. The molecule has 3 unspecified atom stereocenters. The number of likely N-dealkylation sites (tertiary alicyclic amines) is 1. The second-order valence-corrected chi connectivity index (χ2v) is 20.4. The Morgan fingerprint density at radius 1 is 0.839 bits per heavy atom. The number of anilines is 1. The van der Waals surface area contributed by atoms with E-state index in [0.29, 0.717) is 32.4 Å². The lowest BCUT2D eigenvalue weighted by molar-refractivity contribution is 0.206. The summed E-state index contributed by atoms with van der Waals surface area (Å²) in [6.45, 7) is 10.2. The van der Waals surface area contributed by atoms with E-state index in [2.05, 4.69) is 129 Å². The zero-order chi connectivity index (χ0) is 40.0. The minimum absolute atomic E-state index is 0.00913. The van der Waals surface area contributed by atoms with Gasteiger partial charge in [0, 0.05) is 52.9 Å². The van der Waals surface area contributed by atoms with Gasteiger partial charge in [-0.15, -0.1) is 0 Å². The molecule has 3 atom stereocenters. The number of nitrogens with zero attached hydrogens (tertiary/aromatic N) is 2. The predicted molar refractivity (Wildman–Crippen MR) is 229 cm³/mol. The van der Waals surface area contributed by atoms with Crippen molar-refractivity contribution in [2.24, 2.45) is 5.41 Å². The van der Waals surface area contributed by atoms with Gasteiger partial charge < -0.3 is 4.90 Å². The molecule has 11 heteroatoms. The van der Waals surface area contributed by atoms with E-state index in [1.807, 2.05) is 6.07 Å². The van der Waals surface area contributed by atoms with Crippen LogP contribution >= 0.6 is 11.6 Å². The standard InChI is InChI=1S/C45H53ClN2O6S2/c1-44(2)39(47(27-9-10-29-55(49,50)51)37-23-19-31-13-5-7-17-35(31)41(37)44)25-21-33-15-11-16-34(43(33)46)22-26-40-45(3,4)42-36-18-8-6-14-32(36)20-24-38(42)48(40)28-12-30-56(52,53)54/h5-8,13-14,17-26,38,40,42H,9-12,15-16,27-30H2,1-4H3,(H,49,50,51)(H,52,53,54). The van der Waals surface area contributed by atoms with Crippen molar-refractivity contribution in [1.82, 2.24) is 4.90 Å². The van der Waals surface area contributed by atoms with Crippen molar-refractivity contribution < 1.29 is 25.9 Å². The molecule has 0 saturated carbocycles. The summed E-state index contributed by atoms with van der Waals surface area (Å²) in [5.74, 6) is -0.340. The molecule has 0 aromatic heterocycles. The Bertz CT molecular complexity index is 2390. The van der Waals surface area contributed by atoms with Crippen LogP contribution in [0.4, 0.5) is 5.69 Å². The lowest BCUT2D eigenvalue weighted by Crippen LogP contribution is -2.39. The van der Waals surface area contributed by atoms with Crippen LogP contribution in [0.1, 0.15) is 88.8 Å². The molecule has 2 aliphatic heterocycles. The largest absolute Gasteiger partial charge is 0.344 e. The van der Waals surface area contributed by atoms with Gasteiger partial charge in [-0.1, -0.05) is 124 Å². The lowest BCUT2D eigenvalue weighted by Gasteiger charge is -2.34. The second-order valence-electron chi connectivity index (χ2n) is 16.8. The van der Waals surface area contributed by atoms with Crippen molar-refractivity contribution in [3.63, 3.8) is 0 Å². The molecule has 1 saturated heterocycles. The first kappa shape index (κ1) is 40.7. The first-order chi connectivity index (χ1) is 26.5. The Morgan fingerprint density at radius 2 is 1.55 bits per heavy atom. The third-order valence-electron chi connectivity index (χ3n) is 12.4. The van der Waals surface area contributed by atoms with Crippen molar-refractivity contribution >= 4 is 54.4 Å². The average Bonchev–Trinajstić information content (AvgIpc) is 3.49. The van der Waals surface area contributed by atoms with Gasteiger partial charge in [0.05, 0.1) is 11.5 Å². The van der Waals surface area contributed by atoms with E-state index in [4.69, 9.17) is 11.6 Å². The van der Waals surface area contributed by atoms with Crippen LogP contribution in [0.15, 0.2) is 113 Å². The molecule has 4 aliphatic rings. The Morgan fingerprint density at radius 3 is 2.32 bits per heavy atom. The summed E-state index contributed by atoms with van der Waals surface area (Å²) in [6.07, 6.45) is 17.1. The summed E-state index contributed by atoms with van der Waals surface area (Å²) in [6, 6.07) is 21.3. The molecule has 0 spiro atoms. The number of halogens is 1. The minimum Gasteiger partial charge on any atom is -0.344 e. The Labute approximate surface area is 337 Å². The van der Waals surface area contributed by atoms with E-state index in [9.17, 15) is 25.9 Å². The molecule has 8 nitrogen and oxygen atoms in total. The molecule has 56 heavy (non-hydrogen) atoms. The third kappa shape index (κ3) is 8.11. The monoisotopic (exact) mass is 816 g/mol. The van der Waals surface area contributed by atoms with Crippen molar-refractivity contribution in [2.45, 2.75) is 89.6 Å². The van der Waals surface area contributed by atoms with Crippen LogP contribution in [-0.4, -0.2) is 67.5 Å². The summed E-state index contributed by atoms with van der Waals surface area (Å²) >= 11 is 7.29. The van der Waals surface area contributed by atoms with Crippen molar-refractivity contribution in [3.8, 4) is 0 Å². The molecule has 7 rings (SSSR count). The molecule has 0 radical (unpaired) electrons. The van der Waals surface area contributed by atoms with Crippen LogP contribution in [0, 0.1) is 5.41 Å². The minimum atomic E-state index is -4.07. The maximum Gasteiger partial charge on any atom is 0.264 e. The number of allylic oxidation sites excluding steroid dienone is 7. The van der Waals surface area contributed by atoms with Gasteiger partial charge in [-0.3, -0.25) is 14.0 Å². The Kier molecular flexibility index (Phi) is 11.4.